The highest BCUT2D eigenvalue weighted by atomic mass is 19.4. The van der Waals surface area contributed by atoms with E-state index in [4.69, 9.17) is 0 Å². The molecule has 0 aliphatic carbocycles. The van der Waals surface area contributed by atoms with Crippen LogP contribution in [-0.2, 0) is 6.18 Å². The minimum Gasteiger partial charge on any atom is -0.341 e. The van der Waals surface area contributed by atoms with Gasteiger partial charge in [-0.1, -0.05) is 12.1 Å². The monoisotopic (exact) mass is 278 g/mol. The van der Waals surface area contributed by atoms with E-state index in [1.54, 1.807) is 11.9 Å². The van der Waals surface area contributed by atoms with Crippen LogP contribution in [0.25, 0.3) is 0 Å². The van der Waals surface area contributed by atoms with Gasteiger partial charge in [-0.3, -0.25) is 0 Å². The third-order valence-electron chi connectivity index (χ3n) is 3.63. The predicted molar refractivity (Wildman–Crippen MR) is 74.0 cm³/mol. The first-order chi connectivity index (χ1) is 9.39. The number of alkyl halides is 3. The van der Waals surface area contributed by atoms with E-state index in [9.17, 15) is 13.2 Å². The fourth-order valence-corrected chi connectivity index (χ4v) is 2.54. The molecule has 0 spiro atoms. The minimum atomic E-state index is -4.33. The van der Waals surface area contributed by atoms with Crippen molar-refractivity contribution in [2.24, 2.45) is 0 Å². The summed E-state index contributed by atoms with van der Waals surface area (Å²) in [5.74, 6) is 0. The van der Waals surface area contributed by atoms with Crippen molar-refractivity contribution in [1.29, 1.82) is 0 Å². The molecule has 3 rings (SSSR count). The third-order valence-corrected chi connectivity index (χ3v) is 3.63. The molecule has 1 heterocycles. The summed E-state index contributed by atoms with van der Waals surface area (Å²) >= 11 is 0. The normalized spacial score (nSPS) is 14.1. The van der Waals surface area contributed by atoms with Crippen LogP contribution in [0.4, 0.5) is 35.9 Å². The molecule has 0 amide bonds. The molecule has 0 N–H and O–H groups in total. The molecule has 2 aromatic carbocycles. The van der Waals surface area contributed by atoms with Crippen molar-refractivity contribution in [2.75, 3.05) is 23.9 Å². The molecule has 5 heteroatoms. The summed E-state index contributed by atoms with van der Waals surface area (Å²) in [5.41, 5.74) is 2.56. The maximum Gasteiger partial charge on any atom is 0.416 e. The molecule has 0 unspecified atom stereocenters. The lowest BCUT2D eigenvalue weighted by atomic mass is 10.1. The van der Waals surface area contributed by atoms with Gasteiger partial charge in [0.25, 0.3) is 0 Å². The largest absolute Gasteiger partial charge is 0.416 e. The first-order valence-corrected chi connectivity index (χ1v) is 6.17. The van der Waals surface area contributed by atoms with Gasteiger partial charge in [0.05, 0.1) is 28.3 Å². The summed E-state index contributed by atoms with van der Waals surface area (Å²) in [4.78, 5) is 3.70. The van der Waals surface area contributed by atoms with E-state index < -0.39 is 11.7 Å². The molecule has 2 nitrogen and oxygen atoms in total. The first-order valence-electron chi connectivity index (χ1n) is 6.17. The van der Waals surface area contributed by atoms with Crippen LogP contribution < -0.4 is 9.80 Å². The van der Waals surface area contributed by atoms with E-state index in [1.807, 2.05) is 36.2 Å². The second-order valence-corrected chi connectivity index (χ2v) is 4.81. The molecule has 0 atom stereocenters. The number of hydrogen-bond donors (Lipinski definition) is 0. The smallest absolute Gasteiger partial charge is 0.341 e. The standard InChI is InChI=1S/C15H13F3N2/c1-19-11-5-3-4-6-12(11)20(2)14-9-10(15(16,17)18)7-8-13(14)19/h3-9H,1-2H3. The number of anilines is 4. The zero-order chi connectivity index (χ0) is 14.5. The fourth-order valence-electron chi connectivity index (χ4n) is 2.54. The highest BCUT2D eigenvalue weighted by Crippen LogP contribution is 2.47. The van der Waals surface area contributed by atoms with E-state index in [0.29, 0.717) is 5.69 Å². The van der Waals surface area contributed by atoms with E-state index in [1.165, 1.54) is 12.1 Å². The summed E-state index contributed by atoms with van der Waals surface area (Å²) in [7, 11) is 3.64. The van der Waals surface area contributed by atoms with E-state index in [2.05, 4.69) is 0 Å². The van der Waals surface area contributed by atoms with Crippen LogP contribution in [0.3, 0.4) is 0 Å². The maximum atomic E-state index is 12.8. The molecule has 1 aliphatic rings. The molecule has 0 saturated heterocycles. The van der Waals surface area contributed by atoms with Crippen molar-refractivity contribution in [3.63, 3.8) is 0 Å². The van der Waals surface area contributed by atoms with E-state index in [0.717, 1.165) is 23.1 Å². The van der Waals surface area contributed by atoms with Crippen LogP contribution in [0.2, 0.25) is 0 Å². The first kappa shape index (κ1) is 12.8. The van der Waals surface area contributed by atoms with Gasteiger partial charge >= 0.3 is 6.18 Å². The van der Waals surface area contributed by atoms with Crippen LogP contribution in [0.15, 0.2) is 42.5 Å². The fraction of sp³-hybridized carbons (Fsp3) is 0.200. The van der Waals surface area contributed by atoms with Gasteiger partial charge in [0.1, 0.15) is 0 Å². The number of para-hydroxylation sites is 2. The molecule has 0 bridgehead atoms. The van der Waals surface area contributed by atoms with E-state index >= 15 is 0 Å². The highest BCUT2D eigenvalue weighted by molar-refractivity contribution is 5.92. The Bertz CT molecular complexity index is 664. The molecule has 1 aliphatic heterocycles. The molecule has 104 valence electrons. The Labute approximate surface area is 115 Å². The van der Waals surface area contributed by atoms with Crippen molar-refractivity contribution in [2.45, 2.75) is 6.18 Å². The summed E-state index contributed by atoms with van der Waals surface area (Å²) in [6.45, 7) is 0. The van der Waals surface area contributed by atoms with Crippen LogP contribution in [0, 0.1) is 0 Å². The zero-order valence-corrected chi connectivity index (χ0v) is 11.1. The Morgan fingerprint density at radius 3 is 1.80 bits per heavy atom. The summed E-state index contributed by atoms with van der Waals surface area (Å²) in [5, 5.41) is 0. The van der Waals surface area contributed by atoms with Crippen LogP contribution >= 0.6 is 0 Å². The molecular formula is C15H13F3N2. The number of nitrogens with zero attached hydrogens (tertiary/aromatic N) is 2. The van der Waals surface area contributed by atoms with Gasteiger partial charge in [-0.05, 0) is 30.3 Å². The third kappa shape index (κ3) is 1.81. The van der Waals surface area contributed by atoms with Crippen LogP contribution in [0.1, 0.15) is 5.56 Å². The zero-order valence-electron chi connectivity index (χ0n) is 11.1. The molecular weight excluding hydrogens is 265 g/mol. The van der Waals surface area contributed by atoms with Crippen molar-refractivity contribution in [3.05, 3.63) is 48.0 Å². The van der Waals surface area contributed by atoms with Gasteiger partial charge in [0.15, 0.2) is 0 Å². The lowest BCUT2D eigenvalue weighted by Gasteiger charge is -2.36. The SMILES string of the molecule is CN1c2ccccc2N(C)c2cc(C(F)(F)F)ccc21. The average Bonchev–Trinajstić information content (AvgIpc) is 2.43. The van der Waals surface area contributed by atoms with Crippen molar-refractivity contribution in [1.82, 2.24) is 0 Å². The number of hydrogen-bond acceptors (Lipinski definition) is 2. The average molecular weight is 278 g/mol. The summed E-state index contributed by atoms with van der Waals surface area (Å²) in [6, 6.07) is 11.5. The summed E-state index contributed by atoms with van der Waals surface area (Å²) < 4.78 is 38.5. The Morgan fingerprint density at radius 1 is 0.750 bits per heavy atom. The number of halogens is 3. The quantitative estimate of drug-likeness (QED) is 0.697. The van der Waals surface area contributed by atoms with E-state index in [-0.39, 0.29) is 0 Å². The molecule has 0 radical (unpaired) electrons. The second kappa shape index (κ2) is 4.16. The number of fused-ring (bicyclic) bond motifs is 2. The van der Waals surface area contributed by atoms with Gasteiger partial charge in [-0.15, -0.1) is 0 Å². The van der Waals surface area contributed by atoms with Crippen molar-refractivity contribution in [3.8, 4) is 0 Å². The van der Waals surface area contributed by atoms with Gasteiger partial charge in [0.2, 0.25) is 0 Å². The van der Waals surface area contributed by atoms with Crippen LogP contribution in [0.5, 0.6) is 0 Å². The predicted octanol–water partition coefficient (Wildman–Crippen LogP) is 4.55. The Kier molecular flexibility index (Phi) is 2.67. The minimum absolute atomic E-state index is 0.557. The van der Waals surface area contributed by atoms with Gasteiger partial charge < -0.3 is 9.80 Å². The topological polar surface area (TPSA) is 6.48 Å². The maximum absolute atomic E-state index is 12.8. The Hall–Kier alpha value is -2.17. The highest BCUT2D eigenvalue weighted by Gasteiger charge is 2.33. The lowest BCUT2D eigenvalue weighted by Crippen LogP contribution is -2.24. The number of benzene rings is 2. The molecule has 0 fully saturated rings. The Morgan fingerprint density at radius 2 is 1.25 bits per heavy atom. The van der Waals surface area contributed by atoms with Crippen molar-refractivity contribution >= 4 is 22.7 Å². The summed E-state index contributed by atoms with van der Waals surface area (Å²) in [6.07, 6.45) is -4.33. The molecule has 2 aromatic rings. The molecule has 20 heavy (non-hydrogen) atoms. The van der Waals surface area contributed by atoms with Crippen LogP contribution in [-0.4, -0.2) is 14.1 Å². The second-order valence-electron chi connectivity index (χ2n) is 4.81. The van der Waals surface area contributed by atoms with Gasteiger partial charge in [-0.25, -0.2) is 0 Å². The number of rotatable bonds is 0. The van der Waals surface area contributed by atoms with Gasteiger partial charge in [0, 0.05) is 14.1 Å². The molecule has 0 saturated carbocycles. The lowest BCUT2D eigenvalue weighted by molar-refractivity contribution is -0.137. The van der Waals surface area contributed by atoms with Crippen molar-refractivity contribution < 1.29 is 13.2 Å². The molecule has 0 aromatic heterocycles. The van der Waals surface area contributed by atoms with Gasteiger partial charge in [-0.2, -0.15) is 13.2 Å². The Balaban J connectivity index is 2.18.